The van der Waals surface area contributed by atoms with Crippen molar-refractivity contribution in [1.29, 1.82) is 0 Å². The molecule has 3 rings (SSSR count). The monoisotopic (exact) mass is 385 g/mol. The van der Waals surface area contributed by atoms with E-state index in [2.05, 4.69) is 0 Å². The molecule has 0 saturated carbocycles. The smallest absolute Gasteiger partial charge is 0.444 e. The Kier molecular flexibility index (Phi) is 4.73. The summed E-state index contributed by atoms with van der Waals surface area (Å²) in [7, 11) is -0.937. The fourth-order valence-corrected chi connectivity index (χ4v) is 4.80. The number of ether oxygens (including phenoxy) is 1. The molecule has 1 spiro atoms. The Balaban J connectivity index is 1.61. The number of amides is 1. The molecule has 0 aromatic carbocycles. The van der Waals surface area contributed by atoms with E-state index in [9.17, 15) is 9.18 Å². The molecule has 3 fully saturated rings. The molecule has 0 aromatic rings. The molecule has 0 atom stereocenters. The van der Waals surface area contributed by atoms with Gasteiger partial charge in [-0.3, -0.25) is 0 Å². The Morgan fingerprint density at radius 3 is 2.23 bits per heavy atom. The van der Waals surface area contributed by atoms with E-state index in [0.717, 1.165) is 5.57 Å². The molecule has 0 radical (unpaired) electrons. The van der Waals surface area contributed by atoms with E-state index in [1.165, 1.54) is 0 Å². The van der Waals surface area contributed by atoms with E-state index in [1.54, 1.807) is 16.7 Å². The van der Waals surface area contributed by atoms with Crippen LogP contribution in [-0.2, 0) is 14.0 Å². The minimum Gasteiger partial charge on any atom is -0.444 e. The SMILES string of the molecule is CC(C)(C)OC(=O)N1CC2(CC(=C(F)B3OC(C)(C)C(C)(C)O3)CS2)C1. The molecule has 0 aromatic heterocycles. The van der Waals surface area contributed by atoms with Gasteiger partial charge in [0.15, 0.2) is 0 Å². The first-order valence-corrected chi connectivity index (χ1v) is 10.1. The van der Waals surface area contributed by atoms with Crippen molar-refractivity contribution >= 4 is 25.0 Å². The van der Waals surface area contributed by atoms with Gasteiger partial charge in [-0.1, -0.05) is 0 Å². The van der Waals surface area contributed by atoms with Crippen LogP contribution in [0, 0.1) is 0 Å². The van der Waals surface area contributed by atoms with Crippen LogP contribution in [-0.4, -0.2) is 58.5 Å². The number of carbonyl (C=O) groups excluding carboxylic acids is 1. The summed E-state index contributed by atoms with van der Waals surface area (Å²) in [5.41, 5.74) is -1.18. The second-order valence-electron chi connectivity index (χ2n) is 9.52. The van der Waals surface area contributed by atoms with Gasteiger partial charge in [0.05, 0.1) is 15.9 Å². The van der Waals surface area contributed by atoms with Crippen LogP contribution >= 0.6 is 11.8 Å². The van der Waals surface area contributed by atoms with E-state index in [-0.39, 0.29) is 16.6 Å². The summed E-state index contributed by atoms with van der Waals surface area (Å²) in [4.78, 5) is 13.8. The van der Waals surface area contributed by atoms with Crippen molar-refractivity contribution in [2.24, 2.45) is 0 Å². The molecule has 1 amide bonds. The molecule has 26 heavy (non-hydrogen) atoms. The Hall–Kier alpha value is -0.725. The summed E-state index contributed by atoms with van der Waals surface area (Å²) in [6, 6.07) is 0. The van der Waals surface area contributed by atoms with Gasteiger partial charge in [-0.25, -0.2) is 9.18 Å². The summed E-state index contributed by atoms with van der Waals surface area (Å²) < 4.78 is 31.9. The largest absolute Gasteiger partial charge is 0.525 e. The van der Waals surface area contributed by atoms with E-state index >= 15 is 0 Å². The van der Waals surface area contributed by atoms with Crippen molar-refractivity contribution in [3.8, 4) is 0 Å². The topological polar surface area (TPSA) is 48.0 Å². The summed E-state index contributed by atoms with van der Waals surface area (Å²) in [6.07, 6.45) is 0.319. The lowest BCUT2D eigenvalue weighted by Crippen LogP contribution is -2.61. The van der Waals surface area contributed by atoms with Crippen LogP contribution in [0.4, 0.5) is 9.18 Å². The molecular weight excluding hydrogens is 356 g/mol. The van der Waals surface area contributed by atoms with Crippen LogP contribution in [0.3, 0.4) is 0 Å². The Bertz CT molecular complexity index is 622. The predicted octanol–water partition coefficient (Wildman–Crippen LogP) is 3.97. The summed E-state index contributed by atoms with van der Waals surface area (Å²) >= 11 is 1.71. The second kappa shape index (κ2) is 6.14. The maximum Gasteiger partial charge on any atom is 0.525 e. The van der Waals surface area contributed by atoms with E-state index in [0.29, 0.717) is 25.3 Å². The van der Waals surface area contributed by atoms with Crippen LogP contribution in [0.1, 0.15) is 54.9 Å². The molecule has 3 aliphatic rings. The van der Waals surface area contributed by atoms with Crippen LogP contribution in [0.2, 0.25) is 0 Å². The van der Waals surface area contributed by atoms with Crippen molar-refractivity contribution in [3.63, 3.8) is 0 Å². The molecule has 3 aliphatic heterocycles. The summed E-state index contributed by atoms with van der Waals surface area (Å²) in [5.74, 6) is 0.609. The molecule has 5 nitrogen and oxygen atoms in total. The molecule has 3 heterocycles. The highest BCUT2D eigenvalue weighted by molar-refractivity contribution is 8.01. The molecule has 0 bridgehead atoms. The van der Waals surface area contributed by atoms with Crippen molar-refractivity contribution in [1.82, 2.24) is 4.90 Å². The molecule has 0 aliphatic carbocycles. The number of likely N-dealkylation sites (tertiary alicyclic amines) is 1. The quantitative estimate of drug-likeness (QED) is 0.640. The maximum absolute atomic E-state index is 15.0. The molecular formula is C18H29BFNO4S. The molecule has 0 N–H and O–H groups in total. The van der Waals surface area contributed by atoms with Gasteiger partial charge in [0.2, 0.25) is 0 Å². The first-order chi connectivity index (χ1) is 11.7. The van der Waals surface area contributed by atoms with E-state index in [1.807, 2.05) is 48.5 Å². The maximum atomic E-state index is 15.0. The van der Waals surface area contributed by atoms with Crippen LogP contribution in [0.5, 0.6) is 0 Å². The van der Waals surface area contributed by atoms with E-state index in [4.69, 9.17) is 14.0 Å². The van der Waals surface area contributed by atoms with Gasteiger partial charge in [0, 0.05) is 18.8 Å². The van der Waals surface area contributed by atoms with Crippen LogP contribution in [0.25, 0.3) is 0 Å². The summed E-state index contributed by atoms with van der Waals surface area (Å²) in [6.45, 7) is 14.4. The third kappa shape index (κ3) is 3.65. The lowest BCUT2D eigenvalue weighted by Gasteiger charge is -2.47. The van der Waals surface area contributed by atoms with Crippen molar-refractivity contribution in [3.05, 3.63) is 11.3 Å². The van der Waals surface area contributed by atoms with Crippen molar-refractivity contribution in [2.45, 2.75) is 76.4 Å². The zero-order chi connectivity index (χ0) is 19.5. The average molecular weight is 385 g/mol. The standard InChI is InChI=1S/C18H29BFNO4S/c1-15(2,3)23-14(22)21-10-18(11-21)8-12(9-26-18)13(20)19-24-16(4,5)17(6,7)25-19/h8-11H2,1-7H3. The lowest BCUT2D eigenvalue weighted by molar-refractivity contribution is 0.00512. The normalized spacial score (nSPS) is 28.3. The number of nitrogens with zero attached hydrogens (tertiary/aromatic N) is 1. The summed E-state index contributed by atoms with van der Waals surface area (Å²) in [5, 5.41) is 0. The fourth-order valence-electron chi connectivity index (χ4n) is 3.31. The number of halogens is 1. The molecule has 3 saturated heterocycles. The minimum absolute atomic E-state index is 0.104. The van der Waals surface area contributed by atoms with Crippen molar-refractivity contribution in [2.75, 3.05) is 18.8 Å². The highest BCUT2D eigenvalue weighted by atomic mass is 32.2. The Morgan fingerprint density at radius 1 is 1.19 bits per heavy atom. The number of rotatable bonds is 1. The van der Waals surface area contributed by atoms with Gasteiger partial charge < -0.3 is 18.9 Å². The van der Waals surface area contributed by atoms with Gasteiger partial charge in [0.1, 0.15) is 11.3 Å². The zero-order valence-corrected chi connectivity index (χ0v) is 17.6. The van der Waals surface area contributed by atoms with E-state index < -0.39 is 23.9 Å². The number of hydrogen-bond acceptors (Lipinski definition) is 5. The van der Waals surface area contributed by atoms with Gasteiger partial charge in [-0.2, -0.15) is 0 Å². The van der Waals surface area contributed by atoms with Crippen LogP contribution < -0.4 is 0 Å². The molecule has 146 valence electrons. The third-order valence-electron chi connectivity index (χ3n) is 5.50. The Labute approximate surface area is 160 Å². The molecule has 0 unspecified atom stereocenters. The van der Waals surface area contributed by atoms with Gasteiger partial charge >= 0.3 is 13.2 Å². The average Bonchev–Trinajstić information content (AvgIpc) is 2.94. The zero-order valence-electron chi connectivity index (χ0n) is 16.8. The van der Waals surface area contributed by atoms with Gasteiger partial charge in [0.25, 0.3) is 0 Å². The first kappa shape index (κ1) is 20.0. The number of thioether (sulfide) groups is 1. The first-order valence-electron chi connectivity index (χ1n) is 9.09. The molecule has 8 heteroatoms. The highest BCUT2D eigenvalue weighted by Crippen LogP contribution is 2.50. The number of carbonyl (C=O) groups is 1. The number of hydrogen-bond donors (Lipinski definition) is 0. The minimum atomic E-state index is -0.937. The van der Waals surface area contributed by atoms with Gasteiger partial charge in [-0.05, 0) is 60.5 Å². The lowest BCUT2D eigenvalue weighted by atomic mass is 9.81. The van der Waals surface area contributed by atoms with Gasteiger partial charge in [-0.15, -0.1) is 11.8 Å². The second-order valence-corrected chi connectivity index (χ2v) is 11.0. The predicted molar refractivity (Wildman–Crippen MR) is 102 cm³/mol. The van der Waals surface area contributed by atoms with Crippen LogP contribution in [0.15, 0.2) is 11.3 Å². The Morgan fingerprint density at radius 2 is 1.73 bits per heavy atom. The highest BCUT2D eigenvalue weighted by Gasteiger charge is 2.56. The third-order valence-corrected chi connectivity index (χ3v) is 7.00. The fraction of sp³-hybridized carbons (Fsp3) is 0.833. The van der Waals surface area contributed by atoms with Crippen molar-refractivity contribution < 1.29 is 23.2 Å².